The lowest BCUT2D eigenvalue weighted by molar-refractivity contribution is 0.0902. The van der Waals surface area contributed by atoms with E-state index in [1.165, 1.54) is 0 Å². The standard InChI is InChI=1S/C12H23N5O3S/c1-10(2)20-7-8-21(18,19)17-6-4-3-5-11(17)9-12-13-15-16-14-12/h10-11H,3-9H2,1-2H3,(H,13,14,15,16). The zero-order valence-electron chi connectivity index (χ0n) is 12.5. The van der Waals surface area contributed by atoms with Crippen LogP contribution in [-0.4, -0.2) is 64.4 Å². The van der Waals surface area contributed by atoms with E-state index in [2.05, 4.69) is 20.6 Å². The number of nitrogens with one attached hydrogen (secondary N) is 1. The van der Waals surface area contributed by atoms with Crippen molar-refractivity contribution in [3.8, 4) is 0 Å². The van der Waals surface area contributed by atoms with Crippen molar-refractivity contribution in [1.29, 1.82) is 0 Å². The lowest BCUT2D eigenvalue weighted by Gasteiger charge is -2.34. The second kappa shape index (κ2) is 7.28. The van der Waals surface area contributed by atoms with Gasteiger partial charge in [-0.25, -0.2) is 8.42 Å². The first kappa shape index (κ1) is 16.3. The van der Waals surface area contributed by atoms with Crippen LogP contribution in [0.5, 0.6) is 0 Å². The van der Waals surface area contributed by atoms with E-state index < -0.39 is 10.0 Å². The molecule has 0 aliphatic carbocycles. The van der Waals surface area contributed by atoms with E-state index in [-0.39, 0.29) is 24.5 Å². The molecule has 8 nitrogen and oxygen atoms in total. The molecule has 2 rings (SSSR count). The lowest BCUT2D eigenvalue weighted by atomic mass is 10.0. The fourth-order valence-corrected chi connectivity index (χ4v) is 4.11. The number of sulfonamides is 1. The Morgan fingerprint density at radius 2 is 2.24 bits per heavy atom. The van der Waals surface area contributed by atoms with Crippen molar-refractivity contribution < 1.29 is 13.2 Å². The molecule has 2 heterocycles. The van der Waals surface area contributed by atoms with E-state index in [0.717, 1.165) is 19.3 Å². The van der Waals surface area contributed by atoms with Gasteiger partial charge in [0, 0.05) is 19.0 Å². The zero-order chi connectivity index (χ0) is 15.3. The minimum atomic E-state index is -3.31. The molecule has 1 atom stereocenters. The van der Waals surface area contributed by atoms with Crippen molar-refractivity contribution >= 4 is 10.0 Å². The number of aromatic nitrogens is 4. The summed E-state index contributed by atoms with van der Waals surface area (Å²) in [7, 11) is -3.31. The summed E-state index contributed by atoms with van der Waals surface area (Å²) < 4.78 is 31.9. The fraction of sp³-hybridized carbons (Fsp3) is 0.917. The summed E-state index contributed by atoms with van der Waals surface area (Å²) in [5, 5.41) is 13.8. The smallest absolute Gasteiger partial charge is 0.216 e. The third kappa shape index (κ3) is 4.72. The third-order valence-electron chi connectivity index (χ3n) is 3.53. The molecule has 1 unspecified atom stereocenters. The SMILES string of the molecule is CC(C)OCCS(=O)(=O)N1CCCCC1Cc1nn[nH]n1. The minimum Gasteiger partial charge on any atom is -0.378 e. The molecule has 1 aliphatic heterocycles. The van der Waals surface area contributed by atoms with Crippen molar-refractivity contribution in [3.05, 3.63) is 5.82 Å². The van der Waals surface area contributed by atoms with Gasteiger partial charge in [-0.15, -0.1) is 10.2 Å². The predicted molar refractivity (Wildman–Crippen MR) is 77.1 cm³/mol. The topological polar surface area (TPSA) is 101 Å². The van der Waals surface area contributed by atoms with Crippen LogP contribution in [0.3, 0.4) is 0 Å². The first-order chi connectivity index (χ1) is 9.99. The van der Waals surface area contributed by atoms with Crippen molar-refractivity contribution in [2.45, 2.75) is 51.7 Å². The molecule has 1 N–H and O–H groups in total. The van der Waals surface area contributed by atoms with Gasteiger partial charge in [0.1, 0.15) is 0 Å². The number of hydrogen-bond acceptors (Lipinski definition) is 6. The summed E-state index contributed by atoms with van der Waals surface area (Å²) in [6, 6.07) is -0.0830. The van der Waals surface area contributed by atoms with Gasteiger partial charge in [-0.3, -0.25) is 0 Å². The summed E-state index contributed by atoms with van der Waals surface area (Å²) in [5.41, 5.74) is 0. The predicted octanol–water partition coefficient (Wildman–Crippen LogP) is 0.352. The molecule has 0 amide bonds. The number of piperidine rings is 1. The number of nitrogens with zero attached hydrogens (tertiary/aromatic N) is 4. The van der Waals surface area contributed by atoms with E-state index in [4.69, 9.17) is 4.74 Å². The molecule has 0 saturated carbocycles. The molecule has 1 saturated heterocycles. The number of rotatable bonds is 7. The van der Waals surface area contributed by atoms with Gasteiger partial charge >= 0.3 is 0 Å². The Kier molecular flexibility index (Phi) is 5.65. The Morgan fingerprint density at radius 1 is 1.43 bits per heavy atom. The Hall–Kier alpha value is -1.06. The second-order valence-corrected chi connectivity index (χ2v) is 7.57. The highest BCUT2D eigenvalue weighted by atomic mass is 32.2. The van der Waals surface area contributed by atoms with Crippen molar-refractivity contribution in [1.82, 2.24) is 24.9 Å². The molecule has 120 valence electrons. The molecule has 0 aromatic carbocycles. The molecule has 0 bridgehead atoms. The van der Waals surface area contributed by atoms with Crippen LogP contribution in [-0.2, 0) is 21.2 Å². The maximum absolute atomic E-state index is 12.5. The van der Waals surface area contributed by atoms with Gasteiger partial charge in [0.15, 0.2) is 5.82 Å². The van der Waals surface area contributed by atoms with Crippen LogP contribution >= 0.6 is 0 Å². The normalized spacial score (nSPS) is 21.0. The maximum atomic E-state index is 12.5. The highest BCUT2D eigenvalue weighted by molar-refractivity contribution is 7.89. The summed E-state index contributed by atoms with van der Waals surface area (Å²) in [4.78, 5) is 0. The molecule has 0 spiro atoms. The Labute approximate surface area is 125 Å². The Bertz CT molecular complexity index is 517. The van der Waals surface area contributed by atoms with Gasteiger partial charge in [-0.2, -0.15) is 9.52 Å². The number of hydrogen-bond donors (Lipinski definition) is 1. The minimum absolute atomic E-state index is 0.0218. The first-order valence-electron chi connectivity index (χ1n) is 7.32. The molecule has 1 fully saturated rings. The van der Waals surface area contributed by atoms with Crippen LogP contribution in [0.15, 0.2) is 0 Å². The van der Waals surface area contributed by atoms with Gasteiger partial charge in [0.25, 0.3) is 0 Å². The monoisotopic (exact) mass is 317 g/mol. The average molecular weight is 317 g/mol. The molecular formula is C12H23N5O3S. The molecular weight excluding hydrogens is 294 g/mol. The average Bonchev–Trinajstić information content (AvgIpc) is 2.91. The number of ether oxygens (including phenoxy) is 1. The summed E-state index contributed by atoms with van der Waals surface area (Å²) in [6.07, 6.45) is 3.29. The van der Waals surface area contributed by atoms with E-state index in [0.29, 0.717) is 18.8 Å². The third-order valence-corrected chi connectivity index (χ3v) is 5.41. The van der Waals surface area contributed by atoms with Gasteiger partial charge in [0.2, 0.25) is 10.0 Å². The van der Waals surface area contributed by atoms with Crippen LogP contribution in [0.1, 0.15) is 38.9 Å². The van der Waals surface area contributed by atoms with Crippen LogP contribution in [0.4, 0.5) is 0 Å². The highest BCUT2D eigenvalue weighted by Crippen LogP contribution is 2.23. The van der Waals surface area contributed by atoms with Crippen molar-refractivity contribution in [3.63, 3.8) is 0 Å². The first-order valence-corrected chi connectivity index (χ1v) is 8.93. The molecule has 21 heavy (non-hydrogen) atoms. The van der Waals surface area contributed by atoms with Crippen molar-refractivity contribution in [2.24, 2.45) is 0 Å². The molecule has 0 radical (unpaired) electrons. The van der Waals surface area contributed by atoms with Crippen LogP contribution in [0.25, 0.3) is 0 Å². The number of aromatic amines is 1. The fourth-order valence-electron chi connectivity index (χ4n) is 2.53. The summed E-state index contributed by atoms with van der Waals surface area (Å²) >= 11 is 0. The second-order valence-electron chi connectivity index (χ2n) is 5.53. The van der Waals surface area contributed by atoms with Gasteiger partial charge in [0.05, 0.1) is 18.5 Å². The van der Waals surface area contributed by atoms with E-state index >= 15 is 0 Å². The maximum Gasteiger partial charge on any atom is 0.216 e. The van der Waals surface area contributed by atoms with Crippen LogP contribution in [0.2, 0.25) is 0 Å². The van der Waals surface area contributed by atoms with E-state index in [1.54, 1.807) is 4.31 Å². The molecule has 1 aromatic heterocycles. The number of H-pyrrole nitrogens is 1. The summed E-state index contributed by atoms with van der Waals surface area (Å²) in [5.74, 6) is 0.578. The van der Waals surface area contributed by atoms with Crippen molar-refractivity contribution in [2.75, 3.05) is 18.9 Å². The summed E-state index contributed by atoms with van der Waals surface area (Å²) in [6.45, 7) is 4.58. The van der Waals surface area contributed by atoms with Crippen LogP contribution < -0.4 is 0 Å². The van der Waals surface area contributed by atoms with Gasteiger partial charge < -0.3 is 4.74 Å². The molecule has 1 aromatic rings. The van der Waals surface area contributed by atoms with Crippen LogP contribution in [0, 0.1) is 0 Å². The Morgan fingerprint density at radius 3 is 2.90 bits per heavy atom. The van der Waals surface area contributed by atoms with Gasteiger partial charge in [-0.05, 0) is 26.7 Å². The largest absolute Gasteiger partial charge is 0.378 e. The van der Waals surface area contributed by atoms with E-state index in [1.807, 2.05) is 13.8 Å². The van der Waals surface area contributed by atoms with E-state index in [9.17, 15) is 8.42 Å². The highest BCUT2D eigenvalue weighted by Gasteiger charge is 2.32. The quantitative estimate of drug-likeness (QED) is 0.779. The molecule has 1 aliphatic rings. The lowest BCUT2D eigenvalue weighted by Crippen LogP contribution is -2.46. The van der Waals surface area contributed by atoms with Gasteiger partial charge in [-0.1, -0.05) is 11.6 Å². The Balaban J connectivity index is 1.99. The number of tetrazole rings is 1. The zero-order valence-corrected chi connectivity index (χ0v) is 13.3. The molecule has 9 heteroatoms.